The number of aryl methyl sites for hydroxylation is 1. The molecule has 4 nitrogen and oxygen atoms in total. The minimum atomic E-state index is -0.187. The number of hydrogen-bond donors (Lipinski definition) is 1. The summed E-state index contributed by atoms with van der Waals surface area (Å²) in [6, 6.07) is 18.7. The lowest BCUT2D eigenvalue weighted by molar-refractivity contribution is 0.102. The van der Waals surface area contributed by atoms with E-state index in [1.807, 2.05) is 61.5 Å². The number of carbonyl (C=O) groups is 1. The van der Waals surface area contributed by atoms with Gasteiger partial charge in [0.25, 0.3) is 5.91 Å². The van der Waals surface area contributed by atoms with Crippen LogP contribution in [0.25, 0.3) is 0 Å². The second-order valence-corrected chi connectivity index (χ2v) is 7.39. The van der Waals surface area contributed by atoms with E-state index in [0.29, 0.717) is 28.7 Å². The molecule has 1 amide bonds. The number of nitrogens with zero attached hydrogens (tertiary/aromatic N) is 1. The first kappa shape index (κ1) is 19.1. The third-order valence-electron chi connectivity index (χ3n) is 4.10. The Morgan fingerprint density at radius 2 is 1.85 bits per heavy atom. The highest BCUT2D eigenvalue weighted by molar-refractivity contribution is 9.10. The van der Waals surface area contributed by atoms with Crippen molar-refractivity contribution in [2.24, 2.45) is 0 Å². The van der Waals surface area contributed by atoms with Crippen LogP contribution in [0.5, 0.6) is 11.5 Å². The van der Waals surface area contributed by atoms with Gasteiger partial charge in [-0.1, -0.05) is 32.0 Å². The molecule has 0 spiro atoms. The van der Waals surface area contributed by atoms with E-state index in [1.165, 1.54) is 0 Å². The van der Waals surface area contributed by atoms with Crippen molar-refractivity contribution in [1.82, 2.24) is 4.98 Å². The maximum absolute atomic E-state index is 12.6. The van der Waals surface area contributed by atoms with Gasteiger partial charge in [-0.3, -0.25) is 9.78 Å². The SMILES string of the molecule is Cc1nc(C(C)C)ccc1C(=O)Nc1cccc(Oc2ccccc2Br)c1. The highest BCUT2D eigenvalue weighted by atomic mass is 79.9. The van der Waals surface area contributed by atoms with Crippen LogP contribution >= 0.6 is 15.9 Å². The van der Waals surface area contributed by atoms with Crippen molar-refractivity contribution in [3.63, 3.8) is 0 Å². The fraction of sp³-hybridized carbons (Fsp3) is 0.182. The zero-order valence-corrected chi connectivity index (χ0v) is 17.1. The van der Waals surface area contributed by atoms with Gasteiger partial charge in [0.1, 0.15) is 11.5 Å². The summed E-state index contributed by atoms with van der Waals surface area (Å²) in [5, 5.41) is 2.92. The van der Waals surface area contributed by atoms with Gasteiger partial charge in [-0.2, -0.15) is 0 Å². The molecule has 27 heavy (non-hydrogen) atoms. The minimum Gasteiger partial charge on any atom is -0.456 e. The Labute approximate surface area is 167 Å². The Morgan fingerprint density at radius 1 is 1.07 bits per heavy atom. The molecule has 0 aliphatic heterocycles. The van der Waals surface area contributed by atoms with E-state index < -0.39 is 0 Å². The lowest BCUT2D eigenvalue weighted by atomic mass is 10.1. The molecule has 0 aliphatic rings. The van der Waals surface area contributed by atoms with Crippen molar-refractivity contribution in [2.75, 3.05) is 5.32 Å². The molecule has 1 N–H and O–H groups in total. The predicted octanol–water partition coefficient (Wildman–Crippen LogP) is 6.32. The summed E-state index contributed by atoms with van der Waals surface area (Å²) in [4.78, 5) is 17.2. The Kier molecular flexibility index (Phi) is 5.91. The van der Waals surface area contributed by atoms with Crippen molar-refractivity contribution in [3.05, 3.63) is 82.1 Å². The lowest BCUT2D eigenvalue weighted by Crippen LogP contribution is -2.14. The average molecular weight is 425 g/mol. The molecule has 5 heteroatoms. The number of pyridine rings is 1. The maximum atomic E-state index is 12.6. The Hall–Kier alpha value is -2.66. The highest BCUT2D eigenvalue weighted by Gasteiger charge is 2.13. The quantitative estimate of drug-likeness (QED) is 0.521. The van der Waals surface area contributed by atoms with Crippen LogP contribution in [-0.4, -0.2) is 10.9 Å². The molecule has 1 heterocycles. The molecule has 0 unspecified atom stereocenters. The van der Waals surface area contributed by atoms with E-state index in [1.54, 1.807) is 6.07 Å². The van der Waals surface area contributed by atoms with Crippen LogP contribution in [-0.2, 0) is 0 Å². The van der Waals surface area contributed by atoms with Crippen molar-refractivity contribution in [1.29, 1.82) is 0 Å². The fourth-order valence-corrected chi connectivity index (χ4v) is 3.00. The van der Waals surface area contributed by atoms with Gasteiger partial charge in [0.05, 0.1) is 15.7 Å². The molecule has 138 valence electrons. The van der Waals surface area contributed by atoms with E-state index in [9.17, 15) is 4.79 Å². The van der Waals surface area contributed by atoms with E-state index in [0.717, 1.165) is 15.9 Å². The summed E-state index contributed by atoms with van der Waals surface area (Å²) < 4.78 is 6.76. The van der Waals surface area contributed by atoms with E-state index in [2.05, 4.69) is 40.1 Å². The monoisotopic (exact) mass is 424 g/mol. The number of hydrogen-bond acceptors (Lipinski definition) is 3. The number of benzene rings is 2. The molecule has 0 saturated carbocycles. The van der Waals surface area contributed by atoms with Gasteiger partial charge in [-0.15, -0.1) is 0 Å². The summed E-state index contributed by atoms with van der Waals surface area (Å²) in [5.41, 5.74) is 2.93. The van der Waals surface area contributed by atoms with Crippen molar-refractivity contribution in [2.45, 2.75) is 26.7 Å². The molecule has 3 rings (SSSR count). The van der Waals surface area contributed by atoms with Crippen molar-refractivity contribution in [3.8, 4) is 11.5 Å². The topological polar surface area (TPSA) is 51.2 Å². The van der Waals surface area contributed by atoms with Gasteiger partial charge in [-0.05, 0) is 65.2 Å². The molecule has 0 bridgehead atoms. The summed E-state index contributed by atoms with van der Waals surface area (Å²) in [5.74, 6) is 1.50. The number of carbonyl (C=O) groups excluding carboxylic acids is 1. The average Bonchev–Trinajstić information content (AvgIpc) is 2.63. The molecular formula is C22H21BrN2O2. The Morgan fingerprint density at radius 3 is 2.56 bits per heavy atom. The van der Waals surface area contributed by atoms with Crippen LogP contribution in [0.2, 0.25) is 0 Å². The van der Waals surface area contributed by atoms with Crippen LogP contribution in [0.1, 0.15) is 41.5 Å². The van der Waals surface area contributed by atoms with Gasteiger partial charge in [0.15, 0.2) is 0 Å². The van der Waals surface area contributed by atoms with Crippen LogP contribution < -0.4 is 10.1 Å². The van der Waals surface area contributed by atoms with E-state index in [-0.39, 0.29) is 5.91 Å². The molecule has 0 radical (unpaired) electrons. The number of para-hydroxylation sites is 1. The maximum Gasteiger partial charge on any atom is 0.257 e. The third-order valence-corrected chi connectivity index (χ3v) is 4.75. The first-order valence-corrected chi connectivity index (χ1v) is 9.54. The van der Waals surface area contributed by atoms with Gasteiger partial charge in [0.2, 0.25) is 0 Å². The van der Waals surface area contributed by atoms with Crippen LogP contribution in [0.15, 0.2) is 65.1 Å². The zero-order chi connectivity index (χ0) is 19.4. The number of halogens is 1. The number of rotatable bonds is 5. The van der Waals surface area contributed by atoms with Gasteiger partial charge < -0.3 is 10.1 Å². The lowest BCUT2D eigenvalue weighted by Gasteiger charge is -2.12. The van der Waals surface area contributed by atoms with Crippen molar-refractivity contribution < 1.29 is 9.53 Å². The number of nitrogens with one attached hydrogen (secondary N) is 1. The van der Waals surface area contributed by atoms with Crippen LogP contribution in [0.3, 0.4) is 0 Å². The number of aromatic nitrogens is 1. The second-order valence-electron chi connectivity index (χ2n) is 6.54. The first-order chi connectivity index (χ1) is 12.9. The van der Waals surface area contributed by atoms with Crippen LogP contribution in [0, 0.1) is 6.92 Å². The first-order valence-electron chi connectivity index (χ1n) is 8.75. The summed E-state index contributed by atoms with van der Waals surface area (Å²) >= 11 is 3.47. The molecular weight excluding hydrogens is 404 g/mol. The smallest absolute Gasteiger partial charge is 0.257 e. The van der Waals surface area contributed by atoms with Gasteiger partial charge in [0, 0.05) is 17.4 Å². The summed E-state index contributed by atoms with van der Waals surface area (Å²) in [6.45, 7) is 6.02. The van der Waals surface area contributed by atoms with E-state index >= 15 is 0 Å². The molecule has 0 aliphatic carbocycles. The predicted molar refractivity (Wildman–Crippen MR) is 112 cm³/mol. The second kappa shape index (κ2) is 8.35. The highest BCUT2D eigenvalue weighted by Crippen LogP contribution is 2.30. The largest absolute Gasteiger partial charge is 0.456 e. The van der Waals surface area contributed by atoms with Crippen LogP contribution in [0.4, 0.5) is 5.69 Å². The molecule has 3 aromatic rings. The third kappa shape index (κ3) is 4.74. The fourth-order valence-electron chi connectivity index (χ4n) is 2.63. The summed E-state index contributed by atoms with van der Waals surface area (Å²) in [6.07, 6.45) is 0. The zero-order valence-electron chi connectivity index (χ0n) is 15.5. The summed E-state index contributed by atoms with van der Waals surface area (Å²) in [7, 11) is 0. The molecule has 0 atom stereocenters. The Bertz CT molecular complexity index is 970. The molecule has 2 aromatic carbocycles. The Balaban J connectivity index is 1.76. The normalized spacial score (nSPS) is 10.7. The van der Waals surface area contributed by atoms with Crippen molar-refractivity contribution >= 4 is 27.5 Å². The number of amides is 1. The number of ether oxygens (including phenoxy) is 1. The molecule has 1 aromatic heterocycles. The molecule has 0 saturated heterocycles. The number of anilines is 1. The minimum absolute atomic E-state index is 0.187. The standard InChI is InChI=1S/C22H21BrN2O2/c1-14(2)20-12-11-18(15(3)24-20)22(26)25-16-7-6-8-17(13-16)27-21-10-5-4-9-19(21)23/h4-14H,1-3H3,(H,25,26). The van der Waals surface area contributed by atoms with Gasteiger partial charge in [-0.25, -0.2) is 0 Å². The van der Waals surface area contributed by atoms with E-state index in [4.69, 9.17) is 4.74 Å². The molecule has 0 fully saturated rings. The van der Waals surface area contributed by atoms with Gasteiger partial charge >= 0.3 is 0 Å².